The maximum atomic E-state index is 13.1. The minimum atomic E-state index is -4.96. The number of aliphatic hydroxyl groups is 1. The van der Waals surface area contributed by atoms with Crippen molar-refractivity contribution in [3.8, 4) is 0 Å². The lowest BCUT2D eigenvalue weighted by atomic mass is 9.99. The van der Waals surface area contributed by atoms with Crippen LogP contribution in [-0.2, 0) is 65.4 Å². The lowest BCUT2D eigenvalue weighted by molar-refractivity contribution is -0.161. The molecule has 17 nitrogen and oxygen atoms in total. The molecule has 0 amide bonds. The van der Waals surface area contributed by atoms with Crippen LogP contribution in [0.15, 0.2) is 0 Å². The molecule has 0 aliphatic rings. The van der Waals surface area contributed by atoms with Crippen LogP contribution in [0.5, 0.6) is 0 Å². The Hall–Kier alpha value is -1.94. The summed E-state index contributed by atoms with van der Waals surface area (Å²) in [5.41, 5.74) is 0. The van der Waals surface area contributed by atoms with E-state index in [1.807, 2.05) is 0 Å². The molecule has 19 heteroatoms. The van der Waals surface area contributed by atoms with Crippen molar-refractivity contribution in [2.75, 3.05) is 39.6 Å². The van der Waals surface area contributed by atoms with E-state index >= 15 is 0 Å². The highest BCUT2D eigenvalue weighted by molar-refractivity contribution is 7.47. The number of rotatable bonds is 76. The third kappa shape index (κ3) is 71.1. The molecule has 0 heterocycles. The number of phosphoric acid groups is 2. The Kier molecular flexibility index (Phi) is 66.8. The molecule has 0 aliphatic heterocycles. The van der Waals surface area contributed by atoms with Crippen molar-refractivity contribution >= 4 is 39.5 Å². The van der Waals surface area contributed by atoms with Gasteiger partial charge in [0, 0.05) is 25.7 Å². The molecule has 0 rings (SSSR count). The van der Waals surface area contributed by atoms with E-state index in [0.717, 1.165) is 114 Å². The number of esters is 4. The highest BCUT2D eigenvalue weighted by Gasteiger charge is 2.30. The maximum absolute atomic E-state index is 13.1. The van der Waals surface area contributed by atoms with Crippen LogP contribution in [-0.4, -0.2) is 96.7 Å². The van der Waals surface area contributed by atoms with Crippen LogP contribution in [0.2, 0.25) is 0 Å². The van der Waals surface area contributed by atoms with Gasteiger partial charge in [0.1, 0.15) is 19.3 Å². The zero-order chi connectivity index (χ0) is 72.4. The second kappa shape index (κ2) is 68.2. The van der Waals surface area contributed by atoms with Crippen molar-refractivity contribution in [2.45, 2.75) is 420 Å². The molecule has 4 unspecified atom stereocenters. The van der Waals surface area contributed by atoms with Gasteiger partial charge in [-0.2, -0.15) is 0 Å². The van der Waals surface area contributed by atoms with E-state index in [1.165, 1.54) is 205 Å². The predicted octanol–water partition coefficient (Wildman–Crippen LogP) is 23.2. The largest absolute Gasteiger partial charge is 0.472 e. The monoisotopic (exact) mass is 1440 g/mol. The third-order valence-electron chi connectivity index (χ3n) is 18.7. The first-order valence-electron chi connectivity index (χ1n) is 40.7. The summed E-state index contributed by atoms with van der Waals surface area (Å²) in [6, 6.07) is 0. The molecule has 0 spiro atoms. The quantitative estimate of drug-likeness (QED) is 0.0222. The Morgan fingerprint density at radius 3 is 0.724 bits per heavy atom. The molecule has 0 fully saturated rings. The fourth-order valence-electron chi connectivity index (χ4n) is 12.0. The average Bonchev–Trinajstić information content (AvgIpc) is 0.991. The first-order valence-corrected chi connectivity index (χ1v) is 43.7. The van der Waals surface area contributed by atoms with Crippen LogP contribution in [0.3, 0.4) is 0 Å². The highest BCUT2D eigenvalue weighted by Crippen LogP contribution is 2.45. The number of aliphatic hydroxyl groups excluding tert-OH is 1. The molecular formula is C79H154O17P2. The summed E-state index contributed by atoms with van der Waals surface area (Å²) in [5, 5.41) is 10.6. The van der Waals surface area contributed by atoms with E-state index < -0.39 is 97.5 Å². The van der Waals surface area contributed by atoms with Gasteiger partial charge in [0.05, 0.1) is 26.4 Å². The van der Waals surface area contributed by atoms with Gasteiger partial charge in [-0.05, 0) is 49.4 Å². The fourth-order valence-corrected chi connectivity index (χ4v) is 13.6. The summed E-state index contributed by atoms with van der Waals surface area (Å²) >= 11 is 0. The number of hydrogen-bond donors (Lipinski definition) is 3. The zero-order valence-electron chi connectivity index (χ0n) is 64.4. The molecule has 0 bridgehead atoms. The van der Waals surface area contributed by atoms with Gasteiger partial charge in [-0.1, -0.05) is 351 Å². The first-order chi connectivity index (χ1) is 47.1. The minimum Gasteiger partial charge on any atom is -0.462 e. The smallest absolute Gasteiger partial charge is 0.462 e. The Balaban J connectivity index is 5.25. The predicted molar refractivity (Wildman–Crippen MR) is 400 cm³/mol. The number of carbonyl (C=O) groups excluding carboxylic acids is 4. The normalized spacial score (nSPS) is 14.3. The topological polar surface area (TPSA) is 237 Å². The van der Waals surface area contributed by atoms with E-state index in [0.29, 0.717) is 25.7 Å². The van der Waals surface area contributed by atoms with Crippen LogP contribution in [0.25, 0.3) is 0 Å². The van der Waals surface area contributed by atoms with Crippen molar-refractivity contribution in [1.82, 2.24) is 0 Å². The van der Waals surface area contributed by atoms with Crippen LogP contribution in [0.4, 0.5) is 0 Å². The molecule has 0 saturated heterocycles. The highest BCUT2D eigenvalue weighted by atomic mass is 31.2. The lowest BCUT2D eigenvalue weighted by Crippen LogP contribution is -2.30. The molecule has 0 radical (unpaired) electrons. The van der Waals surface area contributed by atoms with Crippen molar-refractivity contribution in [3.05, 3.63) is 0 Å². The van der Waals surface area contributed by atoms with Crippen LogP contribution < -0.4 is 0 Å². The number of unbranched alkanes of at least 4 members (excludes halogenated alkanes) is 41. The van der Waals surface area contributed by atoms with Crippen LogP contribution in [0.1, 0.15) is 402 Å². The van der Waals surface area contributed by atoms with Gasteiger partial charge >= 0.3 is 39.5 Å². The lowest BCUT2D eigenvalue weighted by Gasteiger charge is -2.21. The third-order valence-corrected chi connectivity index (χ3v) is 20.6. The number of phosphoric ester groups is 2. The molecule has 582 valence electrons. The zero-order valence-corrected chi connectivity index (χ0v) is 66.2. The Bertz CT molecular complexity index is 1920. The fraction of sp³-hybridized carbons (Fsp3) is 0.949. The molecule has 98 heavy (non-hydrogen) atoms. The van der Waals surface area contributed by atoms with Gasteiger partial charge in [0.25, 0.3) is 0 Å². The van der Waals surface area contributed by atoms with Gasteiger partial charge in [0.2, 0.25) is 0 Å². The van der Waals surface area contributed by atoms with Gasteiger partial charge < -0.3 is 33.8 Å². The van der Waals surface area contributed by atoms with Crippen LogP contribution >= 0.6 is 15.6 Å². The Morgan fingerprint density at radius 1 is 0.286 bits per heavy atom. The van der Waals surface area contributed by atoms with E-state index in [4.69, 9.17) is 37.0 Å². The maximum Gasteiger partial charge on any atom is 0.472 e. The van der Waals surface area contributed by atoms with E-state index in [2.05, 4.69) is 55.4 Å². The average molecular weight is 1440 g/mol. The minimum absolute atomic E-state index is 0.104. The summed E-state index contributed by atoms with van der Waals surface area (Å²) in [7, 11) is -9.92. The van der Waals surface area contributed by atoms with Crippen molar-refractivity contribution < 1.29 is 80.2 Å². The molecule has 0 aromatic rings. The summed E-state index contributed by atoms with van der Waals surface area (Å²) < 4.78 is 68.6. The van der Waals surface area contributed by atoms with Gasteiger partial charge in [0.15, 0.2) is 12.2 Å². The number of hydrogen-bond acceptors (Lipinski definition) is 15. The standard InChI is InChI=1S/C79H154O17P2/c1-9-72(8)58-50-42-34-25-19-15-11-13-17-21-27-37-45-53-61-78(83)95-74(65-89-76(81)59-51-43-35-26-20-16-12-10-14-18-23-31-39-47-55-69(2)3)67-93-97(85,86)91-63-73(80)64-92-98(87,88)94-68-75(66-90-77(82)60-52-44-36-30-29-33-41-49-57-71(6)7)96-79(84)62-54-46-38-28-22-24-32-40-48-56-70(4)5/h69-75,80H,9-68H2,1-8H3,(H,85,86)(H,87,88)/t72?,73?,74-,75-/m1/s1. The number of ether oxygens (including phenoxy) is 4. The van der Waals surface area contributed by atoms with Crippen molar-refractivity contribution in [2.24, 2.45) is 23.7 Å². The summed E-state index contributed by atoms with van der Waals surface area (Å²) in [4.78, 5) is 72.9. The van der Waals surface area contributed by atoms with Crippen molar-refractivity contribution in [1.29, 1.82) is 0 Å². The van der Waals surface area contributed by atoms with E-state index in [9.17, 15) is 43.2 Å². The Labute approximate surface area is 600 Å². The van der Waals surface area contributed by atoms with E-state index in [-0.39, 0.29) is 25.7 Å². The summed E-state index contributed by atoms with van der Waals surface area (Å²) in [5.74, 6) is 0.991. The SMILES string of the molecule is CCC(C)CCCCCCCCCCCCCCCCC(=O)O[C@H](COC(=O)CCCCCCCCCCCCCCCCC(C)C)COP(=O)(O)OCC(O)COP(=O)(O)OC[C@@H](COC(=O)CCCCCCCCCCC(C)C)OC(=O)CCCCCCCCCCCC(C)C. The van der Waals surface area contributed by atoms with E-state index in [1.54, 1.807) is 0 Å². The molecule has 0 aromatic heterocycles. The second-order valence-corrected chi connectivity index (χ2v) is 33.0. The molecule has 0 aliphatic carbocycles. The second-order valence-electron chi connectivity index (χ2n) is 30.1. The van der Waals surface area contributed by atoms with Gasteiger partial charge in [-0.3, -0.25) is 37.3 Å². The van der Waals surface area contributed by atoms with Crippen molar-refractivity contribution in [3.63, 3.8) is 0 Å². The molecular weight excluding hydrogens is 1280 g/mol. The molecule has 0 saturated carbocycles. The van der Waals surface area contributed by atoms with Gasteiger partial charge in [-0.15, -0.1) is 0 Å². The molecule has 0 aromatic carbocycles. The molecule has 6 atom stereocenters. The Morgan fingerprint density at radius 2 is 0.490 bits per heavy atom. The first kappa shape index (κ1) is 96.1. The summed E-state index contributed by atoms with van der Waals surface area (Å²) in [6.07, 6.45) is 54.1. The van der Waals surface area contributed by atoms with Crippen LogP contribution in [0, 0.1) is 23.7 Å². The van der Waals surface area contributed by atoms with Gasteiger partial charge in [-0.25, -0.2) is 9.13 Å². The number of carbonyl (C=O) groups is 4. The summed E-state index contributed by atoms with van der Waals surface area (Å²) in [6.45, 7) is 14.2. The molecule has 3 N–H and O–H groups in total.